The molecule has 1 heterocycles. The van der Waals surface area contributed by atoms with Gasteiger partial charge in [-0.15, -0.1) is 0 Å². The van der Waals surface area contributed by atoms with E-state index >= 15 is 0 Å². The van der Waals surface area contributed by atoms with Gasteiger partial charge < -0.3 is 14.8 Å². The van der Waals surface area contributed by atoms with Crippen molar-refractivity contribution in [3.05, 3.63) is 40.3 Å². The molecule has 2 rings (SSSR count). The maximum atomic E-state index is 11.9. The van der Waals surface area contributed by atoms with Crippen molar-refractivity contribution in [1.29, 1.82) is 0 Å². The maximum Gasteiger partial charge on any atom is 0.263 e. The Bertz CT molecular complexity index is 680. The Hall–Kier alpha value is -1.79. The first-order chi connectivity index (χ1) is 11.1. The lowest BCUT2D eigenvalue weighted by molar-refractivity contribution is -0.115. The van der Waals surface area contributed by atoms with Crippen molar-refractivity contribution in [1.82, 2.24) is 5.32 Å². The number of allylic oxidation sites excluding steroid dienone is 2. The smallest absolute Gasteiger partial charge is 0.263 e. The normalized spacial score (nSPS) is 16.7. The molecule has 4 nitrogen and oxygen atoms in total. The SMILES string of the molecule is CCCC(C=Cc1ccc(OC)c(OC)c1)=C1SC(=S)NC1=O. The van der Waals surface area contributed by atoms with Gasteiger partial charge in [0.15, 0.2) is 11.5 Å². The van der Waals surface area contributed by atoms with Gasteiger partial charge >= 0.3 is 0 Å². The zero-order valence-electron chi connectivity index (χ0n) is 13.3. The Balaban J connectivity index is 2.30. The molecule has 0 aliphatic carbocycles. The van der Waals surface area contributed by atoms with Gasteiger partial charge in [0.2, 0.25) is 0 Å². The molecule has 0 aromatic heterocycles. The standard InChI is InChI=1S/C17H19NO3S2/c1-4-5-12(15-16(19)18-17(22)23-15)8-6-11-7-9-13(20-2)14(10-11)21-3/h6-10H,4-5H2,1-3H3,(H,18,19,22). The van der Waals surface area contributed by atoms with Gasteiger partial charge in [-0.3, -0.25) is 4.79 Å². The molecule has 0 radical (unpaired) electrons. The first-order valence-electron chi connectivity index (χ1n) is 7.25. The molecule has 1 aromatic rings. The molecular formula is C17H19NO3S2. The highest BCUT2D eigenvalue weighted by Crippen LogP contribution is 2.31. The Labute approximate surface area is 145 Å². The predicted octanol–water partition coefficient (Wildman–Crippen LogP) is 3.92. The van der Waals surface area contributed by atoms with Crippen LogP contribution in [0.5, 0.6) is 11.5 Å². The molecule has 0 unspecified atom stereocenters. The lowest BCUT2D eigenvalue weighted by Crippen LogP contribution is -2.18. The van der Waals surface area contributed by atoms with E-state index in [1.807, 2.05) is 30.4 Å². The van der Waals surface area contributed by atoms with E-state index in [1.165, 1.54) is 11.8 Å². The highest BCUT2D eigenvalue weighted by molar-refractivity contribution is 8.26. The molecule has 1 aliphatic rings. The minimum Gasteiger partial charge on any atom is -0.493 e. The maximum absolute atomic E-state index is 11.9. The Kier molecular flexibility index (Phi) is 6.24. The number of methoxy groups -OCH3 is 2. The molecule has 1 aromatic carbocycles. The third kappa shape index (κ3) is 4.36. The van der Waals surface area contributed by atoms with E-state index in [4.69, 9.17) is 21.7 Å². The number of hydrogen-bond donors (Lipinski definition) is 1. The summed E-state index contributed by atoms with van der Waals surface area (Å²) in [5.41, 5.74) is 1.97. The second-order valence-electron chi connectivity index (χ2n) is 4.90. The monoisotopic (exact) mass is 349 g/mol. The third-order valence-corrected chi connectivity index (χ3v) is 4.60. The van der Waals surface area contributed by atoms with Crippen molar-refractivity contribution >= 4 is 40.3 Å². The number of thiocarbonyl (C=S) groups is 1. The van der Waals surface area contributed by atoms with Crippen molar-refractivity contribution in [3.63, 3.8) is 0 Å². The van der Waals surface area contributed by atoms with Crippen molar-refractivity contribution in [2.24, 2.45) is 0 Å². The predicted molar refractivity (Wildman–Crippen MR) is 98.8 cm³/mol. The molecule has 1 saturated heterocycles. The van der Waals surface area contributed by atoms with E-state index in [9.17, 15) is 4.79 Å². The first-order valence-corrected chi connectivity index (χ1v) is 8.48. The summed E-state index contributed by atoms with van der Waals surface area (Å²) in [6.07, 6.45) is 5.72. The van der Waals surface area contributed by atoms with Gasteiger partial charge in [0.25, 0.3) is 5.91 Å². The van der Waals surface area contributed by atoms with Crippen LogP contribution >= 0.6 is 24.0 Å². The average molecular weight is 349 g/mol. The summed E-state index contributed by atoms with van der Waals surface area (Å²) in [4.78, 5) is 12.6. The van der Waals surface area contributed by atoms with Gasteiger partial charge in [0.1, 0.15) is 4.32 Å². The van der Waals surface area contributed by atoms with Crippen molar-refractivity contribution < 1.29 is 14.3 Å². The molecule has 0 atom stereocenters. The first kappa shape index (κ1) is 17.6. The van der Waals surface area contributed by atoms with Gasteiger partial charge in [0.05, 0.1) is 19.1 Å². The van der Waals surface area contributed by atoms with Gasteiger partial charge in [-0.05, 0) is 29.7 Å². The van der Waals surface area contributed by atoms with Gasteiger partial charge in [-0.2, -0.15) is 0 Å². The van der Waals surface area contributed by atoms with E-state index in [1.54, 1.807) is 14.2 Å². The van der Waals surface area contributed by atoms with Crippen LogP contribution in [0.4, 0.5) is 0 Å². The highest BCUT2D eigenvalue weighted by Gasteiger charge is 2.24. The second-order valence-corrected chi connectivity index (χ2v) is 6.58. The van der Waals surface area contributed by atoms with Crippen LogP contribution in [0, 0.1) is 0 Å². The largest absolute Gasteiger partial charge is 0.493 e. The summed E-state index contributed by atoms with van der Waals surface area (Å²) in [5, 5.41) is 2.66. The lowest BCUT2D eigenvalue weighted by atomic mass is 10.1. The Morgan fingerprint density at radius 3 is 2.61 bits per heavy atom. The fourth-order valence-corrected chi connectivity index (χ4v) is 3.34. The molecule has 1 N–H and O–H groups in total. The molecule has 1 aliphatic heterocycles. The number of benzene rings is 1. The topological polar surface area (TPSA) is 47.6 Å². The van der Waals surface area contributed by atoms with Crippen LogP contribution in [-0.4, -0.2) is 24.4 Å². The summed E-state index contributed by atoms with van der Waals surface area (Å²) in [7, 11) is 3.21. The van der Waals surface area contributed by atoms with Crippen LogP contribution in [0.2, 0.25) is 0 Å². The Morgan fingerprint density at radius 1 is 1.30 bits per heavy atom. The summed E-state index contributed by atoms with van der Waals surface area (Å²) < 4.78 is 11.1. The molecule has 0 saturated carbocycles. The second kappa shape index (κ2) is 8.17. The molecule has 1 fully saturated rings. The summed E-state index contributed by atoms with van der Waals surface area (Å²) in [6.45, 7) is 2.08. The number of nitrogens with one attached hydrogen (secondary N) is 1. The molecule has 122 valence electrons. The number of rotatable bonds is 6. The van der Waals surface area contributed by atoms with Crippen molar-refractivity contribution in [3.8, 4) is 11.5 Å². The van der Waals surface area contributed by atoms with Crippen molar-refractivity contribution in [2.45, 2.75) is 19.8 Å². The quantitative estimate of drug-likeness (QED) is 0.623. The van der Waals surface area contributed by atoms with Gasteiger partial charge in [0, 0.05) is 0 Å². The Morgan fingerprint density at radius 2 is 2.04 bits per heavy atom. The minimum atomic E-state index is -0.111. The summed E-state index contributed by atoms with van der Waals surface area (Å²) in [6, 6.07) is 5.70. The summed E-state index contributed by atoms with van der Waals surface area (Å²) in [5.74, 6) is 1.25. The lowest BCUT2D eigenvalue weighted by Gasteiger charge is -2.08. The summed E-state index contributed by atoms with van der Waals surface area (Å²) >= 11 is 6.38. The van der Waals surface area contributed by atoms with Crippen LogP contribution in [-0.2, 0) is 4.79 Å². The zero-order chi connectivity index (χ0) is 16.8. The number of carbonyl (C=O) groups is 1. The third-order valence-electron chi connectivity index (χ3n) is 3.31. The van der Waals surface area contributed by atoms with E-state index in [0.717, 1.165) is 24.0 Å². The highest BCUT2D eigenvalue weighted by atomic mass is 32.2. The van der Waals surface area contributed by atoms with E-state index in [0.29, 0.717) is 20.7 Å². The van der Waals surface area contributed by atoms with Crippen LogP contribution < -0.4 is 14.8 Å². The van der Waals surface area contributed by atoms with Crippen LogP contribution in [0.3, 0.4) is 0 Å². The van der Waals surface area contributed by atoms with E-state index < -0.39 is 0 Å². The molecule has 0 spiro atoms. The fraction of sp³-hybridized carbons (Fsp3) is 0.294. The van der Waals surface area contributed by atoms with Crippen LogP contribution in [0.15, 0.2) is 34.8 Å². The molecular weight excluding hydrogens is 330 g/mol. The number of ether oxygens (including phenoxy) is 2. The number of carbonyl (C=O) groups excluding carboxylic acids is 1. The molecule has 1 amide bonds. The van der Waals surface area contributed by atoms with Crippen LogP contribution in [0.1, 0.15) is 25.3 Å². The zero-order valence-corrected chi connectivity index (χ0v) is 15.0. The molecule has 6 heteroatoms. The minimum absolute atomic E-state index is 0.111. The number of thioether (sulfide) groups is 1. The van der Waals surface area contributed by atoms with Gasteiger partial charge in [-0.1, -0.05) is 55.5 Å². The molecule has 23 heavy (non-hydrogen) atoms. The van der Waals surface area contributed by atoms with Gasteiger partial charge in [-0.25, -0.2) is 0 Å². The average Bonchev–Trinajstić information content (AvgIpc) is 2.89. The van der Waals surface area contributed by atoms with E-state index in [2.05, 4.69) is 12.2 Å². The van der Waals surface area contributed by atoms with E-state index in [-0.39, 0.29) is 5.91 Å². The van der Waals surface area contributed by atoms with Crippen LogP contribution in [0.25, 0.3) is 6.08 Å². The number of hydrogen-bond acceptors (Lipinski definition) is 5. The number of amides is 1. The molecule has 0 bridgehead atoms. The van der Waals surface area contributed by atoms with Crippen molar-refractivity contribution in [2.75, 3.05) is 14.2 Å². The fourth-order valence-electron chi connectivity index (χ4n) is 2.22.